The van der Waals surface area contributed by atoms with Gasteiger partial charge in [-0.1, -0.05) is 389 Å². The minimum Gasteiger partial charge on any atom is -0.462 e. The monoisotopic (exact) mass is 1510 g/mol. The van der Waals surface area contributed by atoms with Gasteiger partial charge in [0.25, 0.3) is 0 Å². The third kappa shape index (κ3) is 76.6. The zero-order valence-electron chi connectivity index (χ0n) is 67.8. The number of aliphatic hydroxyl groups excluding tert-OH is 1. The van der Waals surface area contributed by atoms with E-state index >= 15 is 0 Å². The highest BCUT2D eigenvalue weighted by atomic mass is 31.2. The summed E-state index contributed by atoms with van der Waals surface area (Å²) in [5.74, 6) is 0.276. The molecule has 3 N–H and O–H groups in total. The van der Waals surface area contributed by atoms with Gasteiger partial charge in [0.15, 0.2) is 12.2 Å². The summed E-state index contributed by atoms with van der Waals surface area (Å²) >= 11 is 0. The molecular formula is C84H164O17P2. The number of carbonyl (C=O) groups excluding carboxylic acids is 4. The summed E-state index contributed by atoms with van der Waals surface area (Å²) in [6, 6.07) is 0. The molecule has 0 aliphatic rings. The molecule has 0 radical (unpaired) electrons. The number of hydrogen-bond acceptors (Lipinski definition) is 15. The van der Waals surface area contributed by atoms with Crippen LogP contribution in [0.25, 0.3) is 0 Å². The minimum absolute atomic E-state index is 0.106. The lowest BCUT2D eigenvalue weighted by Crippen LogP contribution is -2.30. The van der Waals surface area contributed by atoms with E-state index in [1.165, 1.54) is 250 Å². The maximum Gasteiger partial charge on any atom is 0.472 e. The Morgan fingerprint density at radius 1 is 0.282 bits per heavy atom. The molecule has 0 aliphatic carbocycles. The molecule has 0 rings (SSSR count). The Bertz CT molecular complexity index is 1990. The summed E-state index contributed by atoms with van der Waals surface area (Å²) in [6.45, 7) is 12.0. The van der Waals surface area contributed by atoms with Crippen LogP contribution in [-0.2, 0) is 65.4 Å². The van der Waals surface area contributed by atoms with Crippen molar-refractivity contribution in [2.24, 2.45) is 17.8 Å². The zero-order valence-corrected chi connectivity index (χ0v) is 69.6. The number of phosphoric ester groups is 2. The molecule has 19 heteroatoms. The van der Waals surface area contributed by atoms with Crippen LogP contribution in [0.2, 0.25) is 0 Å². The molecule has 0 aromatic carbocycles. The molecular weight excluding hydrogens is 1340 g/mol. The zero-order chi connectivity index (χ0) is 75.8. The number of ether oxygens (including phenoxy) is 4. The van der Waals surface area contributed by atoms with Crippen molar-refractivity contribution >= 4 is 39.5 Å². The maximum atomic E-state index is 13.1. The van der Waals surface area contributed by atoms with Crippen LogP contribution < -0.4 is 0 Å². The number of phosphoric acid groups is 2. The molecule has 0 spiro atoms. The molecule has 0 heterocycles. The van der Waals surface area contributed by atoms with Crippen LogP contribution in [0.1, 0.15) is 440 Å². The molecule has 612 valence electrons. The van der Waals surface area contributed by atoms with E-state index in [-0.39, 0.29) is 25.7 Å². The van der Waals surface area contributed by atoms with E-state index in [4.69, 9.17) is 37.0 Å². The van der Waals surface area contributed by atoms with Crippen molar-refractivity contribution in [2.75, 3.05) is 39.6 Å². The molecule has 0 saturated heterocycles. The summed E-state index contributed by atoms with van der Waals surface area (Å²) in [5.41, 5.74) is 0. The van der Waals surface area contributed by atoms with Gasteiger partial charge >= 0.3 is 39.5 Å². The molecule has 103 heavy (non-hydrogen) atoms. The Kier molecular flexibility index (Phi) is 72.8. The largest absolute Gasteiger partial charge is 0.472 e. The van der Waals surface area contributed by atoms with E-state index in [0.717, 1.165) is 108 Å². The first-order valence-corrected chi connectivity index (χ1v) is 46.4. The van der Waals surface area contributed by atoms with E-state index in [2.05, 4.69) is 48.5 Å². The molecule has 0 aliphatic heterocycles. The molecule has 0 bridgehead atoms. The highest BCUT2D eigenvalue weighted by Gasteiger charge is 2.30. The predicted octanol–water partition coefficient (Wildman–Crippen LogP) is 25.3. The Balaban J connectivity index is 5.25. The summed E-state index contributed by atoms with van der Waals surface area (Å²) < 4.78 is 68.9. The van der Waals surface area contributed by atoms with Crippen molar-refractivity contribution in [3.63, 3.8) is 0 Å². The van der Waals surface area contributed by atoms with Crippen molar-refractivity contribution in [1.29, 1.82) is 0 Å². The second-order valence-corrected chi connectivity index (χ2v) is 34.3. The van der Waals surface area contributed by atoms with Gasteiger partial charge in [0.05, 0.1) is 26.4 Å². The topological polar surface area (TPSA) is 237 Å². The predicted molar refractivity (Wildman–Crippen MR) is 423 cm³/mol. The number of rotatable bonds is 82. The van der Waals surface area contributed by atoms with Gasteiger partial charge in [-0.05, 0) is 43.4 Å². The van der Waals surface area contributed by atoms with Crippen molar-refractivity contribution in [1.82, 2.24) is 0 Å². The molecule has 0 aromatic rings. The van der Waals surface area contributed by atoms with Gasteiger partial charge in [-0.2, -0.15) is 0 Å². The Morgan fingerprint density at radius 3 is 0.738 bits per heavy atom. The van der Waals surface area contributed by atoms with Gasteiger partial charge < -0.3 is 33.8 Å². The average molecular weight is 1510 g/mol. The first-order valence-electron chi connectivity index (χ1n) is 43.4. The summed E-state index contributed by atoms with van der Waals surface area (Å²) in [4.78, 5) is 73.2. The van der Waals surface area contributed by atoms with Gasteiger partial charge in [-0.25, -0.2) is 9.13 Å². The van der Waals surface area contributed by atoms with Crippen LogP contribution in [0.3, 0.4) is 0 Å². The molecule has 0 amide bonds. The number of aliphatic hydroxyl groups is 1. The van der Waals surface area contributed by atoms with Crippen LogP contribution >= 0.6 is 15.6 Å². The van der Waals surface area contributed by atoms with Gasteiger partial charge in [-0.15, -0.1) is 0 Å². The first-order chi connectivity index (χ1) is 49.8. The van der Waals surface area contributed by atoms with E-state index in [1.54, 1.807) is 0 Å². The smallest absolute Gasteiger partial charge is 0.462 e. The number of carbonyl (C=O) groups is 4. The molecule has 3 unspecified atom stereocenters. The van der Waals surface area contributed by atoms with E-state index in [0.29, 0.717) is 25.7 Å². The van der Waals surface area contributed by atoms with Crippen LogP contribution in [0, 0.1) is 17.8 Å². The van der Waals surface area contributed by atoms with Gasteiger partial charge in [0.1, 0.15) is 19.3 Å². The SMILES string of the molecule is CCCCCCCCCCCCCCCCCC(=O)OC[C@H](COP(=O)(O)OC[C@@H](O)COP(=O)(O)OC[C@@H](COC(=O)CCCCCCCCCCCCC(C)C)OC(=O)CCCCCCCCCCCCC(C)CC)OC(=O)CCCCCCCCCCCCCCCCCCCCC(C)C. The van der Waals surface area contributed by atoms with Crippen molar-refractivity contribution in [3.8, 4) is 0 Å². The highest BCUT2D eigenvalue weighted by molar-refractivity contribution is 7.47. The highest BCUT2D eigenvalue weighted by Crippen LogP contribution is 2.45. The maximum absolute atomic E-state index is 13.1. The summed E-state index contributed by atoms with van der Waals surface area (Å²) in [7, 11) is -9.93. The van der Waals surface area contributed by atoms with Crippen molar-refractivity contribution < 1.29 is 80.2 Å². The fourth-order valence-electron chi connectivity index (χ4n) is 13.0. The normalized spacial score (nSPS) is 14.2. The molecule has 0 aromatic heterocycles. The van der Waals surface area contributed by atoms with E-state index < -0.39 is 97.5 Å². The summed E-state index contributed by atoms with van der Waals surface area (Å²) in [5, 5.41) is 10.7. The molecule has 17 nitrogen and oxygen atoms in total. The van der Waals surface area contributed by atoms with Gasteiger partial charge in [0, 0.05) is 25.7 Å². The molecule has 0 saturated carbocycles. The first kappa shape index (κ1) is 101. The van der Waals surface area contributed by atoms with Crippen LogP contribution in [0.15, 0.2) is 0 Å². The molecule has 6 atom stereocenters. The fourth-order valence-corrected chi connectivity index (χ4v) is 14.6. The van der Waals surface area contributed by atoms with Gasteiger partial charge in [-0.3, -0.25) is 37.3 Å². The second-order valence-electron chi connectivity index (χ2n) is 31.4. The Morgan fingerprint density at radius 2 is 0.495 bits per heavy atom. The standard InChI is InChI=1S/C84H164O17P2/c1-8-10-11-12-13-14-15-16-21-25-28-37-44-51-58-65-81(86)94-71-79(100-83(88)67-60-53-46-39-29-26-23-20-18-17-19-22-24-27-34-41-48-55-62-75(3)4)73-98-102(90,91)96-69-78(85)70-97-103(92,93)99-74-80(72-95-82(87)66-59-52-45-38-32-30-35-42-49-56-63-76(5)6)101-84(89)68-61-54-47-40-33-31-36-43-50-57-64-77(7)9-2/h75-80,85H,8-74H2,1-7H3,(H,90,91)(H,92,93)/t77?,78-,79-,80-/m1/s1. The third-order valence-electron chi connectivity index (χ3n) is 20.0. The second kappa shape index (κ2) is 74.2. The average Bonchev–Trinajstić information content (AvgIpc) is 0.929. The summed E-state index contributed by atoms with van der Waals surface area (Å²) in [6.07, 6.45) is 63.7. The van der Waals surface area contributed by atoms with E-state index in [9.17, 15) is 43.2 Å². The quantitative estimate of drug-likeness (QED) is 0.0222. The van der Waals surface area contributed by atoms with Crippen LogP contribution in [0.4, 0.5) is 0 Å². The lowest BCUT2D eigenvalue weighted by atomic mass is 9.99. The van der Waals surface area contributed by atoms with Crippen molar-refractivity contribution in [2.45, 2.75) is 458 Å². The number of unbranched alkanes of at least 4 members (excludes halogenated alkanes) is 49. The lowest BCUT2D eigenvalue weighted by molar-refractivity contribution is -0.161. The van der Waals surface area contributed by atoms with Gasteiger partial charge in [0.2, 0.25) is 0 Å². The lowest BCUT2D eigenvalue weighted by Gasteiger charge is -2.21. The van der Waals surface area contributed by atoms with Crippen LogP contribution in [-0.4, -0.2) is 96.7 Å². The fraction of sp³-hybridized carbons (Fsp3) is 0.952. The Labute approximate surface area is 632 Å². The Hall–Kier alpha value is -1.94. The third-order valence-corrected chi connectivity index (χ3v) is 21.9. The number of esters is 4. The van der Waals surface area contributed by atoms with E-state index in [1.807, 2.05) is 0 Å². The molecule has 0 fully saturated rings. The minimum atomic E-state index is -4.96. The number of hydrogen-bond donors (Lipinski definition) is 3. The van der Waals surface area contributed by atoms with Crippen LogP contribution in [0.5, 0.6) is 0 Å². The van der Waals surface area contributed by atoms with Crippen molar-refractivity contribution in [3.05, 3.63) is 0 Å².